The van der Waals surface area contributed by atoms with Crippen LogP contribution in [0.2, 0.25) is 0 Å². The van der Waals surface area contributed by atoms with Crippen LogP contribution in [0, 0.1) is 0 Å². The number of hydrogen-bond acceptors (Lipinski definition) is 4. The molecule has 1 aromatic carbocycles. The molecule has 0 amide bonds. The van der Waals surface area contributed by atoms with E-state index in [0.717, 1.165) is 16.9 Å². The van der Waals surface area contributed by atoms with Crippen molar-refractivity contribution in [2.24, 2.45) is 0 Å². The number of aromatic nitrogens is 2. The van der Waals surface area contributed by atoms with E-state index in [0.29, 0.717) is 18.8 Å². The highest BCUT2D eigenvalue weighted by molar-refractivity contribution is 5.79. The Kier molecular flexibility index (Phi) is 4.07. The molecule has 19 heavy (non-hydrogen) atoms. The number of rotatable bonds is 5. The Bertz CT molecular complexity index is 563. The molecule has 1 heterocycles. The number of benzene rings is 1. The van der Waals surface area contributed by atoms with Gasteiger partial charge in [-0.1, -0.05) is 13.8 Å². The van der Waals surface area contributed by atoms with Gasteiger partial charge in [0.05, 0.1) is 30.3 Å². The fourth-order valence-corrected chi connectivity index (χ4v) is 2.25. The van der Waals surface area contributed by atoms with Gasteiger partial charge in [-0.05, 0) is 18.2 Å². The van der Waals surface area contributed by atoms with Crippen molar-refractivity contribution in [2.75, 3.05) is 19.5 Å². The van der Waals surface area contributed by atoms with E-state index in [1.165, 1.54) is 0 Å². The molecule has 1 unspecified atom stereocenters. The van der Waals surface area contributed by atoms with Crippen molar-refractivity contribution in [3.8, 4) is 0 Å². The average Bonchev–Trinajstić information content (AvgIpc) is 2.67. The molecule has 0 bridgehead atoms. The van der Waals surface area contributed by atoms with Gasteiger partial charge in [0.1, 0.15) is 5.82 Å². The Morgan fingerprint density at radius 3 is 2.79 bits per heavy atom. The zero-order valence-electron chi connectivity index (χ0n) is 11.6. The number of aliphatic hydroxyl groups excluding tert-OH is 1. The summed E-state index contributed by atoms with van der Waals surface area (Å²) in [4.78, 5) is 4.62. The van der Waals surface area contributed by atoms with Gasteiger partial charge >= 0.3 is 0 Å². The van der Waals surface area contributed by atoms with E-state index >= 15 is 0 Å². The lowest BCUT2D eigenvalue weighted by Gasteiger charge is -2.15. The zero-order chi connectivity index (χ0) is 14.0. The fraction of sp³-hybridized carbons (Fsp3) is 0.500. The van der Waals surface area contributed by atoms with Crippen LogP contribution in [0.15, 0.2) is 18.2 Å². The second-order valence-corrected chi connectivity index (χ2v) is 5.09. The number of aliphatic hydroxyl groups is 1. The number of nitrogens with two attached hydrogens (primary N) is 1. The summed E-state index contributed by atoms with van der Waals surface area (Å²) in [5.41, 5.74) is 8.35. The van der Waals surface area contributed by atoms with E-state index < -0.39 is 6.10 Å². The molecule has 1 aromatic heterocycles. The third-order valence-electron chi connectivity index (χ3n) is 3.07. The third-order valence-corrected chi connectivity index (χ3v) is 3.07. The lowest BCUT2D eigenvalue weighted by Crippen LogP contribution is -2.22. The molecule has 5 heteroatoms. The Hall–Kier alpha value is -1.59. The van der Waals surface area contributed by atoms with Crippen molar-refractivity contribution in [1.82, 2.24) is 9.55 Å². The Morgan fingerprint density at radius 2 is 2.16 bits per heavy atom. The second kappa shape index (κ2) is 5.59. The summed E-state index contributed by atoms with van der Waals surface area (Å²) in [6.45, 7) is 4.96. The Morgan fingerprint density at radius 1 is 1.42 bits per heavy atom. The van der Waals surface area contributed by atoms with Gasteiger partial charge in [0.25, 0.3) is 0 Å². The molecule has 104 valence electrons. The minimum Gasteiger partial charge on any atom is -0.399 e. The topological polar surface area (TPSA) is 73.3 Å². The van der Waals surface area contributed by atoms with Crippen molar-refractivity contribution in [1.29, 1.82) is 0 Å². The van der Waals surface area contributed by atoms with Crippen LogP contribution in [0.1, 0.15) is 25.6 Å². The summed E-state index contributed by atoms with van der Waals surface area (Å²) in [6.07, 6.45) is -0.544. The normalized spacial score (nSPS) is 13.3. The van der Waals surface area contributed by atoms with Crippen molar-refractivity contribution in [3.05, 3.63) is 24.0 Å². The largest absolute Gasteiger partial charge is 0.399 e. The van der Waals surface area contributed by atoms with Crippen LogP contribution >= 0.6 is 0 Å². The van der Waals surface area contributed by atoms with Crippen LogP contribution in [-0.2, 0) is 11.3 Å². The molecular formula is C14H21N3O2. The van der Waals surface area contributed by atoms with Crippen LogP contribution < -0.4 is 5.73 Å². The van der Waals surface area contributed by atoms with Crippen molar-refractivity contribution >= 4 is 16.7 Å². The van der Waals surface area contributed by atoms with E-state index in [1.54, 1.807) is 7.11 Å². The molecule has 0 fully saturated rings. The maximum atomic E-state index is 9.94. The monoisotopic (exact) mass is 263 g/mol. The van der Waals surface area contributed by atoms with Gasteiger partial charge in [0.15, 0.2) is 0 Å². The number of nitrogen functional groups attached to an aromatic ring is 1. The molecular weight excluding hydrogens is 242 g/mol. The van der Waals surface area contributed by atoms with E-state index in [4.69, 9.17) is 10.5 Å². The summed E-state index contributed by atoms with van der Waals surface area (Å²) >= 11 is 0. The molecule has 0 aliphatic heterocycles. The number of imidazole rings is 1. The van der Waals surface area contributed by atoms with Crippen LogP contribution in [0.4, 0.5) is 5.69 Å². The van der Waals surface area contributed by atoms with Gasteiger partial charge in [-0.15, -0.1) is 0 Å². The number of ether oxygens (including phenoxy) is 1. The highest BCUT2D eigenvalue weighted by atomic mass is 16.5. The lowest BCUT2D eigenvalue weighted by atomic mass is 10.2. The molecule has 0 saturated carbocycles. The maximum Gasteiger partial charge on any atom is 0.112 e. The number of anilines is 1. The van der Waals surface area contributed by atoms with Crippen LogP contribution in [-0.4, -0.2) is 34.5 Å². The quantitative estimate of drug-likeness (QED) is 0.806. The lowest BCUT2D eigenvalue weighted by molar-refractivity contribution is 0.0537. The summed E-state index contributed by atoms with van der Waals surface area (Å²) in [5.74, 6) is 1.24. The first-order valence-corrected chi connectivity index (χ1v) is 6.45. The molecule has 2 aromatic rings. The van der Waals surface area contributed by atoms with Crippen LogP contribution in [0.3, 0.4) is 0 Å². The van der Waals surface area contributed by atoms with Gasteiger partial charge in [-0.2, -0.15) is 0 Å². The molecule has 0 radical (unpaired) electrons. The molecule has 0 saturated heterocycles. The fourth-order valence-electron chi connectivity index (χ4n) is 2.25. The van der Waals surface area contributed by atoms with Gasteiger partial charge in [0, 0.05) is 18.7 Å². The average molecular weight is 263 g/mol. The molecule has 0 spiro atoms. The first-order valence-electron chi connectivity index (χ1n) is 6.45. The van der Waals surface area contributed by atoms with Gasteiger partial charge in [-0.25, -0.2) is 4.98 Å². The van der Waals surface area contributed by atoms with Crippen molar-refractivity contribution < 1.29 is 9.84 Å². The summed E-state index contributed by atoms with van der Waals surface area (Å²) in [5, 5.41) is 9.94. The van der Waals surface area contributed by atoms with E-state index in [9.17, 15) is 5.11 Å². The highest BCUT2D eigenvalue weighted by Gasteiger charge is 2.16. The molecule has 2 rings (SSSR count). The van der Waals surface area contributed by atoms with E-state index in [1.807, 2.05) is 22.8 Å². The van der Waals surface area contributed by atoms with E-state index in [-0.39, 0.29) is 5.92 Å². The first kappa shape index (κ1) is 13.8. The van der Waals surface area contributed by atoms with E-state index in [2.05, 4.69) is 18.8 Å². The predicted molar refractivity (Wildman–Crippen MR) is 76.1 cm³/mol. The summed E-state index contributed by atoms with van der Waals surface area (Å²) in [6, 6.07) is 5.66. The predicted octanol–water partition coefficient (Wildman–Crippen LogP) is 1.75. The number of hydrogen-bond donors (Lipinski definition) is 2. The number of fused-ring (bicyclic) bond motifs is 1. The highest BCUT2D eigenvalue weighted by Crippen LogP contribution is 2.24. The molecule has 0 aliphatic rings. The Labute approximate surface area is 113 Å². The second-order valence-electron chi connectivity index (χ2n) is 5.09. The SMILES string of the molecule is COCC(O)Cn1c(C(C)C)nc2cc(N)ccc21. The Balaban J connectivity index is 2.46. The van der Waals surface area contributed by atoms with Gasteiger partial charge in [-0.3, -0.25) is 0 Å². The minimum atomic E-state index is -0.544. The van der Waals surface area contributed by atoms with Crippen molar-refractivity contribution in [3.63, 3.8) is 0 Å². The van der Waals surface area contributed by atoms with Gasteiger partial charge < -0.3 is 20.1 Å². The smallest absolute Gasteiger partial charge is 0.112 e. The van der Waals surface area contributed by atoms with Gasteiger partial charge in [0.2, 0.25) is 0 Å². The third kappa shape index (κ3) is 2.88. The number of nitrogens with zero attached hydrogens (tertiary/aromatic N) is 2. The maximum absolute atomic E-state index is 9.94. The molecule has 0 aliphatic carbocycles. The van der Waals surface area contributed by atoms with Crippen LogP contribution in [0.25, 0.3) is 11.0 Å². The molecule has 1 atom stereocenters. The first-order chi connectivity index (χ1) is 9.02. The zero-order valence-corrected chi connectivity index (χ0v) is 11.6. The standard InChI is InChI=1S/C14H21N3O2/c1-9(2)14-16-12-6-10(15)4-5-13(12)17(14)7-11(18)8-19-3/h4-6,9,11,18H,7-8,15H2,1-3H3. The summed E-state index contributed by atoms with van der Waals surface area (Å²) in [7, 11) is 1.58. The van der Waals surface area contributed by atoms with Crippen molar-refractivity contribution in [2.45, 2.75) is 32.4 Å². The molecule has 5 nitrogen and oxygen atoms in total. The van der Waals surface area contributed by atoms with Crippen LogP contribution in [0.5, 0.6) is 0 Å². The molecule has 3 N–H and O–H groups in total. The minimum absolute atomic E-state index is 0.281. The number of methoxy groups -OCH3 is 1. The summed E-state index contributed by atoms with van der Waals surface area (Å²) < 4.78 is 7.02.